The summed E-state index contributed by atoms with van der Waals surface area (Å²) in [5, 5.41) is 6.77. The minimum Gasteiger partial charge on any atom is -0.255 e. The summed E-state index contributed by atoms with van der Waals surface area (Å²) < 4.78 is 4.18. The van der Waals surface area contributed by atoms with Crippen LogP contribution in [-0.2, 0) is 16.2 Å². The van der Waals surface area contributed by atoms with Gasteiger partial charge in [-0.25, -0.2) is 0 Å². The average Bonchev–Trinajstić information content (AvgIpc) is 3.46. The van der Waals surface area contributed by atoms with E-state index in [9.17, 15) is 0 Å². The number of hydrogen-bond acceptors (Lipinski definition) is 3. The second-order valence-electron chi connectivity index (χ2n) is 13.2. The Morgan fingerprint density at radius 1 is 0.730 bits per heavy atom. The van der Waals surface area contributed by atoms with Gasteiger partial charge in [0.1, 0.15) is 0 Å². The van der Waals surface area contributed by atoms with Crippen molar-refractivity contribution >= 4 is 63.7 Å². The monoisotopic (exact) mass is 519 g/mol. The molecule has 1 aliphatic carbocycles. The number of hydrogen-bond donors (Lipinski definition) is 0. The molecule has 1 aliphatic rings. The maximum Gasteiger partial charge on any atom is 0.0880 e. The van der Waals surface area contributed by atoms with Crippen LogP contribution in [0, 0.1) is 0 Å². The highest BCUT2D eigenvalue weighted by molar-refractivity contribution is 7.31. The molecule has 0 radical (unpaired) electrons. The summed E-state index contributed by atoms with van der Waals surface area (Å²) in [6, 6.07) is 20.5. The third kappa shape index (κ3) is 3.30. The predicted molar refractivity (Wildman–Crippen MR) is 165 cm³/mol. The lowest BCUT2D eigenvalue weighted by molar-refractivity contribution is 0.406. The van der Waals surface area contributed by atoms with Crippen LogP contribution in [-0.4, -0.2) is 4.98 Å². The Morgan fingerprint density at radius 2 is 1.43 bits per heavy atom. The van der Waals surface area contributed by atoms with Crippen LogP contribution >= 0.6 is 22.7 Å². The minimum absolute atomic E-state index is 0.0486. The molecular formula is C34H33NS2. The van der Waals surface area contributed by atoms with Crippen LogP contribution in [0.5, 0.6) is 0 Å². The Kier molecular flexibility index (Phi) is 4.69. The first-order valence-electron chi connectivity index (χ1n) is 13.3. The molecule has 0 unspecified atom stereocenters. The van der Waals surface area contributed by atoms with Crippen molar-refractivity contribution in [1.82, 2.24) is 4.98 Å². The molecule has 0 N–H and O–H groups in total. The quantitative estimate of drug-likeness (QED) is 0.210. The van der Waals surface area contributed by atoms with Gasteiger partial charge in [0.05, 0.1) is 19.8 Å². The minimum atomic E-state index is 0.0486. The van der Waals surface area contributed by atoms with E-state index in [2.05, 4.69) is 103 Å². The van der Waals surface area contributed by atoms with Crippen LogP contribution in [0.4, 0.5) is 0 Å². The van der Waals surface area contributed by atoms with Gasteiger partial charge in [0.25, 0.3) is 0 Å². The lowest BCUT2D eigenvalue weighted by Crippen LogP contribution is -2.18. The van der Waals surface area contributed by atoms with Gasteiger partial charge in [-0.1, -0.05) is 84.9 Å². The van der Waals surface area contributed by atoms with Gasteiger partial charge in [-0.2, -0.15) is 0 Å². The van der Waals surface area contributed by atoms with Crippen LogP contribution in [0.25, 0.3) is 52.3 Å². The van der Waals surface area contributed by atoms with E-state index in [1.54, 1.807) is 10.4 Å². The number of aromatic nitrogens is 1. The molecule has 0 aliphatic heterocycles. The summed E-state index contributed by atoms with van der Waals surface area (Å²) in [6.45, 7) is 16.6. The molecule has 3 heteroatoms. The molecule has 0 spiro atoms. The summed E-state index contributed by atoms with van der Waals surface area (Å²) in [4.78, 5) is 6.58. The third-order valence-electron chi connectivity index (χ3n) is 8.33. The molecule has 37 heavy (non-hydrogen) atoms. The molecule has 1 nitrogen and oxygen atoms in total. The van der Waals surface area contributed by atoms with Gasteiger partial charge in [-0.3, -0.25) is 4.98 Å². The Balaban J connectivity index is 1.53. The molecule has 3 aromatic heterocycles. The summed E-state index contributed by atoms with van der Waals surface area (Å²) in [5.74, 6) is 0. The second-order valence-corrected chi connectivity index (χ2v) is 15.2. The van der Waals surface area contributed by atoms with Crippen LogP contribution in [0.3, 0.4) is 0 Å². The lowest BCUT2D eigenvalue weighted by Gasteiger charge is -2.23. The zero-order valence-electron chi connectivity index (χ0n) is 22.7. The standard InChI is InChI=1S/C34H33NS2/c1-32(2,3)25-17-20(16-19-10-8-9-11-21(19)25)27-28-23(14-15-35-27)22-12-13-24-26-31(37-30(24)29(22)36-28)34(6,7)18-33(26,4)5/h8-17H,18H2,1-7H3. The van der Waals surface area contributed by atoms with E-state index in [1.807, 2.05) is 28.9 Å². The lowest BCUT2D eigenvalue weighted by atomic mass is 9.81. The van der Waals surface area contributed by atoms with Crippen molar-refractivity contribution in [3.05, 3.63) is 76.8 Å². The van der Waals surface area contributed by atoms with Crippen LogP contribution in [0.1, 0.15) is 70.9 Å². The molecule has 7 rings (SSSR count). The third-order valence-corrected chi connectivity index (χ3v) is 11.3. The summed E-state index contributed by atoms with van der Waals surface area (Å²) in [7, 11) is 0. The van der Waals surface area contributed by atoms with Crippen molar-refractivity contribution in [2.75, 3.05) is 0 Å². The molecule has 0 saturated heterocycles. The molecule has 6 aromatic rings. The Morgan fingerprint density at radius 3 is 2.22 bits per heavy atom. The van der Waals surface area contributed by atoms with E-state index in [1.165, 1.54) is 58.6 Å². The second kappa shape index (κ2) is 7.42. The fourth-order valence-electron chi connectivity index (χ4n) is 7.01. The van der Waals surface area contributed by atoms with Crippen molar-refractivity contribution < 1.29 is 0 Å². The van der Waals surface area contributed by atoms with Crippen LogP contribution in [0.15, 0.2) is 60.8 Å². The number of thiophene rings is 2. The van der Waals surface area contributed by atoms with E-state index in [0.717, 1.165) is 5.69 Å². The van der Waals surface area contributed by atoms with Gasteiger partial charge in [-0.15, -0.1) is 22.7 Å². The summed E-state index contributed by atoms with van der Waals surface area (Å²) in [5.41, 5.74) is 5.77. The number of fused-ring (bicyclic) bond motifs is 8. The number of benzene rings is 3. The predicted octanol–water partition coefficient (Wildman–Crippen LogP) is 10.7. The molecular weight excluding hydrogens is 487 g/mol. The van der Waals surface area contributed by atoms with Crippen molar-refractivity contribution in [3.63, 3.8) is 0 Å². The van der Waals surface area contributed by atoms with E-state index < -0.39 is 0 Å². The maximum absolute atomic E-state index is 4.99. The van der Waals surface area contributed by atoms with Gasteiger partial charge < -0.3 is 0 Å². The highest BCUT2D eigenvalue weighted by atomic mass is 32.1. The first kappa shape index (κ1) is 23.4. The zero-order chi connectivity index (χ0) is 25.9. The molecule has 186 valence electrons. The highest BCUT2D eigenvalue weighted by Crippen LogP contribution is 2.57. The fraction of sp³-hybridized carbons (Fsp3) is 0.324. The van der Waals surface area contributed by atoms with Crippen LogP contribution in [0.2, 0.25) is 0 Å². The molecule has 0 bridgehead atoms. The SMILES string of the molecule is CC(C)(C)c1cc(-c2nccc3c2sc2c3ccc3c4c(sc32)C(C)(C)CC4(C)C)cc2ccccc12. The van der Waals surface area contributed by atoms with Gasteiger partial charge in [0.15, 0.2) is 0 Å². The van der Waals surface area contributed by atoms with Gasteiger partial charge in [0, 0.05) is 32.8 Å². The largest absolute Gasteiger partial charge is 0.255 e. The first-order chi connectivity index (χ1) is 17.5. The van der Waals surface area contributed by atoms with Gasteiger partial charge in [0.2, 0.25) is 0 Å². The maximum atomic E-state index is 4.99. The Labute approximate surface area is 227 Å². The smallest absolute Gasteiger partial charge is 0.0880 e. The number of rotatable bonds is 1. The summed E-state index contributed by atoms with van der Waals surface area (Å²) in [6.07, 6.45) is 3.22. The number of pyridine rings is 1. The van der Waals surface area contributed by atoms with Crippen molar-refractivity contribution in [2.24, 2.45) is 0 Å². The van der Waals surface area contributed by atoms with Crippen molar-refractivity contribution in [3.8, 4) is 11.3 Å². The summed E-state index contributed by atoms with van der Waals surface area (Å²) >= 11 is 3.98. The van der Waals surface area contributed by atoms with Gasteiger partial charge in [-0.05, 0) is 62.7 Å². The van der Waals surface area contributed by atoms with Gasteiger partial charge >= 0.3 is 0 Å². The molecule has 0 fully saturated rings. The number of nitrogens with zero attached hydrogens (tertiary/aromatic N) is 1. The normalized spacial score (nSPS) is 16.8. The Bertz CT molecular complexity index is 1890. The van der Waals surface area contributed by atoms with E-state index >= 15 is 0 Å². The molecule has 0 amide bonds. The average molecular weight is 520 g/mol. The van der Waals surface area contributed by atoms with E-state index in [-0.39, 0.29) is 16.2 Å². The molecule has 0 saturated carbocycles. The zero-order valence-corrected chi connectivity index (χ0v) is 24.4. The van der Waals surface area contributed by atoms with Crippen LogP contribution < -0.4 is 0 Å². The Hall–Kier alpha value is -2.75. The first-order valence-corrected chi connectivity index (χ1v) is 14.9. The molecule has 3 aromatic carbocycles. The fourth-order valence-corrected chi connectivity index (χ4v) is 10.0. The van der Waals surface area contributed by atoms with E-state index in [4.69, 9.17) is 4.98 Å². The van der Waals surface area contributed by atoms with Crippen molar-refractivity contribution in [2.45, 2.75) is 71.1 Å². The topological polar surface area (TPSA) is 12.9 Å². The van der Waals surface area contributed by atoms with E-state index in [0.29, 0.717) is 0 Å². The van der Waals surface area contributed by atoms with Crippen molar-refractivity contribution in [1.29, 1.82) is 0 Å². The molecule has 0 atom stereocenters. The molecule has 3 heterocycles. The highest BCUT2D eigenvalue weighted by Gasteiger charge is 2.45.